The molecule has 6 nitrogen and oxygen atoms in total. The maximum atomic E-state index is 12.3. The summed E-state index contributed by atoms with van der Waals surface area (Å²) in [5, 5.41) is 3.32. The van der Waals surface area contributed by atoms with E-state index in [2.05, 4.69) is 5.32 Å². The van der Waals surface area contributed by atoms with Crippen LogP contribution in [0.4, 0.5) is 0 Å². The Labute approximate surface area is 168 Å². The summed E-state index contributed by atoms with van der Waals surface area (Å²) in [7, 11) is 0. The van der Waals surface area contributed by atoms with Gasteiger partial charge >= 0.3 is 0 Å². The molecule has 1 aliphatic rings. The number of ketones is 1. The smallest absolute Gasteiger partial charge is 0.258 e. The van der Waals surface area contributed by atoms with Crippen molar-refractivity contribution in [2.24, 2.45) is 0 Å². The van der Waals surface area contributed by atoms with Crippen molar-refractivity contribution in [3.63, 3.8) is 0 Å². The summed E-state index contributed by atoms with van der Waals surface area (Å²) in [5.41, 5.74) is 1.27. The minimum atomic E-state index is -0.299. The molecule has 28 heavy (non-hydrogen) atoms. The molecule has 2 aromatic carbocycles. The van der Waals surface area contributed by atoms with E-state index in [0.717, 1.165) is 5.56 Å². The molecule has 1 atom stereocenters. The molecule has 7 heteroatoms. The molecular weight excluding hydrogens is 382 g/mol. The van der Waals surface area contributed by atoms with Crippen molar-refractivity contribution in [1.29, 1.82) is 0 Å². The predicted molar refractivity (Wildman–Crippen MR) is 106 cm³/mol. The molecule has 0 bridgehead atoms. The van der Waals surface area contributed by atoms with E-state index in [1.165, 1.54) is 0 Å². The van der Waals surface area contributed by atoms with E-state index in [4.69, 9.17) is 25.8 Å². The van der Waals surface area contributed by atoms with Crippen LogP contribution in [0, 0.1) is 0 Å². The lowest BCUT2D eigenvalue weighted by molar-refractivity contribution is -0.123. The van der Waals surface area contributed by atoms with E-state index in [1.807, 2.05) is 25.1 Å². The largest absolute Gasteiger partial charge is 0.486 e. The van der Waals surface area contributed by atoms with E-state index >= 15 is 0 Å². The minimum Gasteiger partial charge on any atom is -0.486 e. The lowest BCUT2D eigenvalue weighted by Gasteiger charge is -2.21. The molecule has 3 rings (SSSR count). The molecule has 1 N–H and O–H groups in total. The molecule has 0 aromatic heterocycles. The molecule has 0 saturated carbocycles. The Hall–Kier alpha value is -2.73. The number of fused-ring (bicyclic) bond motifs is 1. The van der Waals surface area contributed by atoms with Gasteiger partial charge in [0.05, 0.1) is 11.6 Å². The Balaban J connectivity index is 1.61. The third kappa shape index (κ3) is 4.75. The van der Waals surface area contributed by atoms with Crippen LogP contribution in [0.25, 0.3) is 0 Å². The zero-order chi connectivity index (χ0) is 20.1. The summed E-state index contributed by atoms with van der Waals surface area (Å²) < 4.78 is 16.6. The van der Waals surface area contributed by atoms with Gasteiger partial charge < -0.3 is 19.5 Å². The Morgan fingerprint density at radius 1 is 1.14 bits per heavy atom. The van der Waals surface area contributed by atoms with Gasteiger partial charge in [-0.15, -0.1) is 0 Å². The van der Waals surface area contributed by atoms with Gasteiger partial charge in [-0.1, -0.05) is 24.6 Å². The van der Waals surface area contributed by atoms with Gasteiger partial charge in [-0.2, -0.15) is 0 Å². The van der Waals surface area contributed by atoms with Crippen LogP contribution >= 0.6 is 11.6 Å². The maximum Gasteiger partial charge on any atom is 0.258 e. The molecule has 0 saturated heterocycles. The van der Waals surface area contributed by atoms with E-state index in [0.29, 0.717) is 47.5 Å². The minimum absolute atomic E-state index is 0.0949. The molecule has 0 radical (unpaired) electrons. The van der Waals surface area contributed by atoms with E-state index in [1.54, 1.807) is 25.1 Å². The number of halogens is 1. The first-order chi connectivity index (χ1) is 13.5. The van der Waals surface area contributed by atoms with Crippen LogP contribution < -0.4 is 19.5 Å². The fourth-order valence-electron chi connectivity index (χ4n) is 2.88. The number of benzene rings is 2. The highest BCUT2D eigenvalue weighted by Gasteiger charge is 2.17. The summed E-state index contributed by atoms with van der Waals surface area (Å²) in [6, 6.07) is 10.1. The summed E-state index contributed by atoms with van der Waals surface area (Å²) in [4.78, 5) is 24.4. The number of carbonyl (C=O) groups is 2. The van der Waals surface area contributed by atoms with Crippen LogP contribution in [0.1, 0.15) is 42.2 Å². The van der Waals surface area contributed by atoms with E-state index in [9.17, 15) is 9.59 Å². The Morgan fingerprint density at radius 3 is 2.64 bits per heavy atom. The quantitative estimate of drug-likeness (QED) is 0.708. The van der Waals surface area contributed by atoms with Crippen LogP contribution in [0.15, 0.2) is 36.4 Å². The maximum absolute atomic E-state index is 12.3. The summed E-state index contributed by atoms with van der Waals surface area (Å²) in [5.74, 6) is 1.32. The average Bonchev–Trinajstić information content (AvgIpc) is 2.71. The zero-order valence-electron chi connectivity index (χ0n) is 15.8. The SMILES string of the molecule is CCC(=O)c1cc(Cl)ccc1OCC(=O)N[C@@H](C)c1ccc2c(c1)OCCO2. The first-order valence-electron chi connectivity index (χ1n) is 9.12. The highest BCUT2D eigenvalue weighted by atomic mass is 35.5. The van der Waals surface area contributed by atoms with Gasteiger partial charge in [0.1, 0.15) is 19.0 Å². The van der Waals surface area contributed by atoms with Crippen molar-refractivity contribution in [2.45, 2.75) is 26.3 Å². The van der Waals surface area contributed by atoms with Crippen molar-refractivity contribution in [3.8, 4) is 17.2 Å². The second-order valence-electron chi connectivity index (χ2n) is 6.40. The van der Waals surface area contributed by atoms with Crippen molar-refractivity contribution in [3.05, 3.63) is 52.5 Å². The van der Waals surface area contributed by atoms with Crippen LogP contribution in [0.5, 0.6) is 17.2 Å². The number of hydrogen-bond donors (Lipinski definition) is 1. The van der Waals surface area contributed by atoms with E-state index < -0.39 is 0 Å². The zero-order valence-corrected chi connectivity index (χ0v) is 16.5. The van der Waals surface area contributed by atoms with Gasteiger partial charge in [-0.3, -0.25) is 9.59 Å². The first kappa shape index (κ1) is 20.0. The second-order valence-corrected chi connectivity index (χ2v) is 6.83. The monoisotopic (exact) mass is 403 g/mol. The van der Waals surface area contributed by atoms with Gasteiger partial charge in [0.2, 0.25) is 0 Å². The number of amides is 1. The molecule has 148 valence electrons. The van der Waals surface area contributed by atoms with Gasteiger partial charge in [-0.05, 0) is 42.8 Å². The Bertz CT molecular complexity index is 883. The fourth-order valence-corrected chi connectivity index (χ4v) is 3.05. The molecular formula is C21H22ClNO5. The highest BCUT2D eigenvalue weighted by molar-refractivity contribution is 6.31. The Morgan fingerprint density at radius 2 is 1.89 bits per heavy atom. The summed E-state index contributed by atoms with van der Waals surface area (Å²) in [6.07, 6.45) is 0.323. The molecule has 0 aliphatic carbocycles. The molecule has 1 heterocycles. The van der Waals surface area contributed by atoms with Crippen molar-refractivity contribution in [2.75, 3.05) is 19.8 Å². The number of hydrogen-bond acceptors (Lipinski definition) is 5. The predicted octanol–water partition coefficient (Wildman–Crippen LogP) is 3.96. The highest BCUT2D eigenvalue weighted by Crippen LogP contribution is 2.32. The molecule has 1 amide bonds. The Kier molecular flexibility index (Phi) is 6.41. The number of rotatable bonds is 7. The third-order valence-electron chi connectivity index (χ3n) is 4.37. The lowest BCUT2D eigenvalue weighted by atomic mass is 10.1. The van der Waals surface area contributed by atoms with Crippen molar-refractivity contribution >= 4 is 23.3 Å². The number of carbonyl (C=O) groups excluding carboxylic acids is 2. The first-order valence-corrected chi connectivity index (χ1v) is 9.50. The molecule has 0 fully saturated rings. The number of ether oxygens (including phenoxy) is 3. The van der Waals surface area contributed by atoms with Crippen LogP contribution in [0.2, 0.25) is 5.02 Å². The average molecular weight is 404 g/mol. The normalized spacial score (nSPS) is 13.5. The standard InChI is InChI=1S/C21H22ClNO5/c1-3-17(24)16-11-15(22)5-7-18(16)28-12-21(25)23-13(2)14-4-6-19-20(10-14)27-9-8-26-19/h4-7,10-11,13H,3,8-9,12H2,1-2H3,(H,23,25)/t13-/m0/s1. The number of Topliss-reactive ketones (excluding diaryl/α,β-unsaturated/α-hetero) is 1. The molecule has 2 aromatic rings. The van der Waals surface area contributed by atoms with Gasteiger partial charge in [0.25, 0.3) is 5.91 Å². The fraction of sp³-hybridized carbons (Fsp3) is 0.333. The lowest BCUT2D eigenvalue weighted by Crippen LogP contribution is -2.31. The second kappa shape index (κ2) is 8.97. The van der Waals surface area contributed by atoms with Crippen LogP contribution in [0.3, 0.4) is 0 Å². The van der Waals surface area contributed by atoms with E-state index in [-0.39, 0.29) is 24.3 Å². The number of nitrogens with one attached hydrogen (secondary N) is 1. The van der Waals surface area contributed by atoms with Gasteiger partial charge in [0, 0.05) is 11.4 Å². The topological polar surface area (TPSA) is 73.9 Å². The summed E-state index contributed by atoms with van der Waals surface area (Å²) >= 11 is 5.96. The molecule has 1 aliphatic heterocycles. The van der Waals surface area contributed by atoms with Crippen molar-refractivity contribution < 1.29 is 23.8 Å². The third-order valence-corrected chi connectivity index (χ3v) is 4.60. The molecule has 0 spiro atoms. The van der Waals surface area contributed by atoms with Crippen LogP contribution in [-0.2, 0) is 4.79 Å². The van der Waals surface area contributed by atoms with Gasteiger partial charge in [-0.25, -0.2) is 0 Å². The van der Waals surface area contributed by atoms with Gasteiger partial charge in [0.15, 0.2) is 23.9 Å². The van der Waals surface area contributed by atoms with Crippen molar-refractivity contribution in [1.82, 2.24) is 5.32 Å². The van der Waals surface area contributed by atoms with Crippen LogP contribution in [-0.4, -0.2) is 31.5 Å². The molecule has 0 unspecified atom stereocenters. The summed E-state index contributed by atoms with van der Waals surface area (Å²) in [6.45, 7) is 4.46.